The van der Waals surface area contributed by atoms with Crippen LogP contribution in [0.15, 0.2) is 18.2 Å². The molecule has 2 aromatic rings. The molecule has 0 unspecified atom stereocenters. The van der Waals surface area contributed by atoms with Gasteiger partial charge in [0.25, 0.3) is 0 Å². The smallest absolute Gasteiger partial charge is 0.203 e. The normalized spacial score (nSPS) is 10.5. The number of halogens is 2. The Kier molecular flexibility index (Phi) is 2.48. The second kappa shape index (κ2) is 3.63. The summed E-state index contributed by atoms with van der Waals surface area (Å²) in [5.74, 6) is 0.318. The van der Waals surface area contributed by atoms with Gasteiger partial charge < -0.3 is 0 Å². The van der Waals surface area contributed by atoms with E-state index in [0.29, 0.717) is 15.9 Å². The second-order valence-corrected chi connectivity index (χ2v) is 4.17. The van der Waals surface area contributed by atoms with E-state index in [1.165, 1.54) is 6.07 Å². The van der Waals surface area contributed by atoms with Gasteiger partial charge in [-0.2, -0.15) is 4.37 Å². The lowest BCUT2D eigenvalue weighted by Gasteiger charge is -1.98. The van der Waals surface area contributed by atoms with Crippen molar-refractivity contribution in [1.29, 1.82) is 0 Å². The summed E-state index contributed by atoms with van der Waals surface area (Å²) in [6.45, 7) is 1.70. The molecule has 0 atom stereocenters. The minimum Gasteiger partial charge on any atom is -0.207 e. The molecule has 5 heteroatoms. The molecule has 72 valence electrons. The largest absolute Gasteiger partial charge is 0.207 e. The highest BCUT2D eigenvalue weighted by molar-refractivity contribution is 7.10. The summed E-state index contributed by atoms with van der Waals surface area (Å²) < 4.78 is 17.4. The second-order valence-electron chi connectivity index (χ2n) is 2.83. The Balaban J connectivity index is 2.47. The number of aryl methyl sites for hydroxylation is 1. The van der Waals surface area contributed by atoms with E-state index >= 15 is 0 Å². The molecule has 0 N–H and O–H groups in total. The van der Waals surface area contributed by atoms with E-state index < -0.39 is 0 Å². The first-order valence-electron chi connectivity index (χ1n) is 3.92. The van der Waals surface area contributed by atoms with E-state index in [1.54, 1.807) is 19.1 Å². The highest BCUT2D eigenvalue weighted by atomic mass is 35.5. The van der Waals surface area contributed by atoms with Crippen LogP contribution in [0.25, 0.3) is 11.4 Å². The summed E-state index contributed by atoms with van der Waals surface area (Å²) >= 11 is 6.77. The molecule has 1 aromatic carbocycles. The summed E-state index contributed by atoms with van der Waals surface area (Å²) in [5.41, 5.74) is 1.36. The van der Waals surface area contributed by atoms with Gasteiger partial charge in [-0.3, -0.25) is 0 Å². The lowest BCUT2D eigenvalue weighted by atomic mass is 10.1. The first kappa shape index (κ1) is 9.55. The van der Waals surface area contributed by atoms with Gasteiger partial charge in [0.1, 0.15) is 5.82 Å². The van der Waals surface area contributed by atoms with Gasteiger partial charge in [0, 0.05) is 5.56 Å². The molecule has 2 nitrogen and oxygen atoms in total. The molecule has 2 rings (SSSR count). The van der Waals surface area contributed by atoms with Crippen LogP contribution >= 0.6 is 23.1 Å². The van der Waals surface area contributed by atoms with Crippen LogP contribution in [0.5, 0.6) is 0 Å². The van der Waals surface area contributed by atoms with Gasteiger partial charge >= 0.3 is 0 Å². The van der Waals surface area contributed by atoms with Crippen molar-refractivity contribution in [2.45, 2.75) is 6.92 Å². The fourth-order valence-electron chi connectivity index (χ4n) is 1.11. The molecule has 0 amide bonds. The standard InChI is InChI=1S/C9H6ClFN2S/c1-5-4-6(2-3-7(5)11)8-12-9(10)14-13-8/h2-4H,1H3. The third-order valence-corrected chi connectivity index (χ3v) is 2.62. The Hall–Kier alpha value is -1.00. The fraction of sp³-hybridized carbons (Fsp3) is 0.111. The van der Waals surface area contributed by atoms with Crippen LogP contribution in [0.1, 0.15) is 5.56 Å². The van der Waals surface area contributed by atoms with Gasteiger partial charge in [0.2, 0.25) is 4.47 Å². The molecule has 1 heterocycles. The van der Waals surface area contributed by atoms with Gasteiger partial charge in [0.05, 0.1) is 0 Å². The summed E-state index contributed by atoms with van der Waals surface area (Å²) in [7, 11) is 0. The van der Waals surface area contributed by atoms with E-state index in [-0.39, 0.29) is 5.82 Å². The van der Waals surface area contributed by atoms with Crippen LogP contribution in [0.4, 0.5) is 4.39 Å². The van der Waals surface area contributed by atoms with Crippen molar-refractivity contribution < 1.29 is 4.39 Å². The highest BCUT2D eigenvalue weighted by Gasteiger charge is 2.06. The monoisotopic (exact) mass is 228 g/mol. The SMILES string of the molecule is Cc1cc(-c2nsc(Cl)n2)ccc1F. The van der Waals surface area contributed by atoms with Crippen molar-refractivity contribution in [1.82, 2.24) is 9.36 Å². The third-order valence-electron chi connectivity index (χ3n) is 1.82. The molecule has 0 spiro atoms. The minimum atomic E-state index is -0.227. The Morgan fingerprint density at radius 1 is 1.43 bits per heavy atom. The Labute approximate surface area is 89.5 Å². The van der Waals surface area contributed by atoms with Crippen LogP contribution in [0.2, 0.25) is 4.47 Å². The van der Waals surface area contributed by atoms with E-state index in [4.69, 9.17) is 11.6 Å². The molecule has 0 bridgehead atoms. The van der Waals surface area contributed by atoms with Crippen molar-refractivity contribution in [3.05, 3.63) is 34.0 Å². The van der Waals surface area contributed by atoms with E-state index in [0.717, 1.165) is 17.1 Å². The molecule has 14 heavy (non-hydrogen) atoms. The summed E-state index contributed by atoms with van der Waals surface area (Å²) in [6, 6.07) is 4.74. The molecular formula is C9H6ClFN2S. The number of rotatable bonds is 1. The first-order valence-corrected chi connectivity index (χ1v) is 5.07. The number of hydrogen-bond acceptors (Lipinski definition) is 3. The maximum Gasteiger partial charge on any atom is 0.203 e. The Morgan fingerprint density at radius 2 is 2.21 bits per heavy atom. The number of nitrogens with zero attached hydrogens (tertiary/aromatic N) is 2. The summed E-state index contributed by atoms with van der Waals surface area (Å²) in [6.07, 6.45) is 0. The zero-order valence-electron chi connectivity index (χ0n) is 7.29. The van der Waals surface area contributed by atoms with Gasteiger partial charge in [-0.25, -0.2) is 9.37 Å². The van der Waals surface area contributed by atoms with Crippen LogP contribution in [0.3, 0.4) is 0 Å². The maximum absolute atomic E-state index is 13.0. The number of benzene rings is 1. The van der Waals surface area contributed by atoms with Crippen molar-refractivity contribution >= 4 is 23.1 Å². The van der Waals surface area contributed by atoms with E-state index in [9.17, 15) is 4.39 Å². The lowest BCUT2D eigenvalue weighted by Crippen LogP contribution is -1.85. The van der Waals surface area contributed by atoms with Gasteiger partial charge in [-0.15, -0.1) is 0 Å². The molecule has 0 saturated carbocycles. The number of hydrogen-bond donors (Lipinski definition) is 0. The Morgan fingerprint density at radius 3 is 2.79 bits per heavy atom. The third kappa shape index (κ3) is 1.76. The number of aromatic nitrogens is 2. The molecule has 0 radical (unpaired) electrons. The summed E-state index contributed by atoms with van der Waals surface area (Å²) in [5, 5.41) is 0. The predicted molar refractivity (Wildman–Crippen MR) is 55.1 cm³/mol. The molecule has 0 aliphatic carbocycles. The average molecular weight is 229 g/mol. The van der Waals surface area contributed by atoms with Crippen molar-refractivity contribution in [2.75, 3.05) is 0 Å². The van der Waals surface area contributed by atoms with Crippen LogP contribution in [-0.2, 0) is 0 Å². The highest BCUT2D eigenvalue weighted by Crippen LogP contribution is 2.22. The van der Waals surface area contributed by atoms with Gasteiger partial charge in [-0.1, -0.05) is 0 Å². The zero-order chi connectivity index (χ0) is 10.1. The molecule has 0 aliphatic rings. The molecule has 0 aliphatic heterocycles. The molecule has 1 aromatic heterocycles. The van der Waals surface area contributed by atoms with Crippen LogP contribution in [-0.4, -0.2) is 9.36 Å². The Bertz CT molecular complexity index is 470. The zero-order valence-corrected chi connectivity index (χ0v) is 8.86. The maximum atomic E-state index is 13.0. The fourth-order valence-corrected chi connectivity index (χ4v) is 1.72. The van der Waals surface area contributed by atoms with E-state index in [1.807, 2.05) is 0 Å². The first-order chi connectivity index (χ1) is 6.66. The molecule has 0 saturated heterocycles. The van der Waals surface area contributed by atoms with E-state index in [2.05, 4.69) is 9.36 Å². The van der Waals surface area contributed by atoms with Gasteiger partial charge in [-0.05, 0) is 53.8 Å². The summed E-state index contributed by atoms with van der Waals surface area (Å²) in [4.78, 5) is 4.00. The van der Waals surface area contributed by atoms with Crippen molar-refractivity contribution in [3.8, 4) is 11.4 Å². The lowest BCUT2D eigenvalue weighted by molar-refractivity contribution is 0.618. The van der Waals surface area contributed by atoms with Crippen molar-refractivity contribution in [2.24, 2.45) is 0 Å². The molecule has 0 fully saturated rings. The predicted octanol–water partition coefficient (Wildman–Crippen LogP) is 3.31. The average Bonchev–Trinajstić information content (AvgIpc) is 2.57. The molecular weight excluding hydrogens is 223 g/mol. The van der Waals surface area contributed by atoms with Crippen molar-refractivity contribution in [3.63, 3.8) is 0 Å². The van der Waals surface area contributed by atoms with Crippen LogP contribution < -0.4 is 0 Å². The minimum absolute atomic E-state index is 0.227. The van der Waals surface area contributed by atoms with Gasteiger partial charge in [0.15, 0.2) is 5.82 Å². The quantitative estimate of drug-likeness (QED) is 0.749. The van der Waals surface area contributed by atoms with Crippen LogP contribution in [0, 0.1) is 12.7 Å². The topological polar surface area (TPSA) is 25.8 Å².